The lowest BCUT2D eigenvalue weighted by Crippen LogP contribution is -2.55. The molecule has 564 valence electrons. The first kappa shape index (κ1) is 89.0. The van der Waals surface area contributed by atoms with E-state index in [9.17, 15) is 54.3 Å². The van der Waals surface area contributed by atoms with Crippen LogP contribution in [0.4, 0.5) is 0 Å². The number of carboxylic acids is 2. The summed E-state index contributed by atoms with van der Waals surface area (Å²) in [4.78, 5) is 115. The molecule has 0 fully saturated rings. The Hall–Kier alpha value is -6.08. The predicted molar refractivity (Wildman–Crippen MR) is 384 cm³/mol. The molecule has 0 aliphatic rings. The third kappa shape index (κ3) is 31.0. The highest BCUT2D eigenvalue weighted by Gasteiger charge is 2.56. The highest BCUT2D eigenvalue weighted by Crippen LogP contribution is 2.54. The third-order valence-corrected chi connectivity index (χ3v) is 19.2. The van der Waals surface area contributed by atoms with E-state index in [4.69, 9.17) is 14.2 Å². The summed E-state index contributed by atoms with van der Waals surface area (Å²) in [6.45, 7) is 23.7. The van der Waals surface area contributed by atoms with Crippen LogP contribution in [0.15, 0.2) is 60.7 Å². The quantitative estimate of drug-likeness (QED) is 0.0136. The number of hydrogen-bond acceptors (Lipinski definition) is 15. The van der Waals surface area contributed by atoms with Crippen molar-refractivity contribution in [2.24, 2.45) is 56.2 Å². The summed E-state index contributed by atoms with van der Waals surface area (Å²) in [6.07, 6.45) is -0.779. The maximum atomic E-state index is 15.3. The maximum Gasteiger partial charge on any atom is 0.312 e. The molecule has 23 nitrogen and oxygen atoms in total. The molecule has 23 heteroatoms. The van der Waals surface area contributed by atoms with Gasteiger partial charge in [-0.2, -0.15) is 0 Å². The number of carbonyl (C=O) groups is 8. The fourth-order valence-electron chi connectivity index (χ4n) is 13.7. The lowest BCUT2D eigenvalue weighted by Gasteiger charge is -2.48. The van der Waals surface area contributed by atoms with Gasteiger partial charge >= 0.3 is 29.8 Å². The van der Waals surface area contributed by atoms with Crippen LogP contribution in [0.5, 0.6) is 0 Å². The monoisotopic (exact) mass is 1400 g/mol. The number of rotatable bonds is 46. The minimum atomic E-state index is -1.56. The molecule has 9 N–H and O–H groups in total. The van der Waals surface area contributed by atoms with Gasteiger partial charge in [-0.3, -0.25) is 38.4 Å². The van der Waals surface area contributed by atoms with E-state index in [2.05, 4.69) is 105 Å². The lowest BCUT2D eigenvalue weighted by atomic mass is 9.55. The van der Waals surface area contributed by atoms with Crippen LogP contribution < -0.4 is 21.3 Å². The first-order valence-corrected chi connectivity index (χ1v) is 35.4. The summed E-state index contributed by atoms with van der Waals surface area (Å²) < 4.78 is 19.2. The van der Waals surface area contributed by atoms with Gasteiger partial charge in [-0.1, -0.05) is 137 Å². The molecule has 99 heavy (non-hydrogen) atoms. The van der Waals surface area contributed by atoms with Gasteiger partial charge in [-0.25, -0.2) is 0 Å². The van der Waals surface area contributed by atoms with Gasteiger partial charge in [0.05, 0.1) is 119 Å². The van der Waals surface area contributed by atoms with Gasteiger partial charge in [-0.15, -0.1) is 0 Å². The second kappa shape index (κ2) is 38.8. The first-order chi connectivity index (χ1) is 45.4. The molecule has 12 atom stereocenters. The smallest absolute Gasteiger partial charge is 0.312 e. The topological polar surface area (TPSA) is 314 Å². The van der Waals surface area contributed by atoms with E-state index in [1.165, 1.54) is 6.92 Å². The van der Waals surface area contributed by atoms with Gasteiger partial charge in [0, 0.05) is 68.2 Å². The fourth-order valence-corrected chi connectivity index (χ4v) is 13.7. The number of nitrogens with one attached hydrogen (secondary N) is 4. The Kier molecular flexibility index (Phi) is 34.9. The van der Waals surface area contributed by atoms with Crippen molar-refractivity contribution in [2.75, 3.05) is 142 Å². The van der Waals surface area contributed by atoms with E-state index >= 15 is 9.59 Å². The molecular weight excluding hydrogens is 1270 g/mol. The number of amides is 3. The molecule has 0 radical (unpaired) electrons. The average molecular weight is 1400 g/mol. The zero-order valence-corrected chi connectivity index (χ0v) is 64.3. The molecular formula is C76H132N7O16+3. The van der Waals surface area contributed by atoms with E-state index in [0.717, 1.165) is 36.1 Å². The molecule has 0 spiro atoms. The van der Waals surface area contributed by atoms with Gasteiger partial charge in [0.15, 0.2) is 0 Å². The number of aliphatic carboxylic acids is 2. The zero-order valence-electron chi connectivity index (χ0n) is 64.3. The summed E-state index contributed by atoms with van der Waals surface area (Å²) in [5.41, 5.74) is -5.18. The molecule has 0 saturated heterocycles. The van der Waals surface area contributed by atoms with Crippen molar-refractivity contribution in [1.82, 2.24) is 21.3 Å². The molecule has 2 aromatic carbocycles. The standard InChI is InChI=1S/C76H129N7O16/c1-53(55-31-24-22-25-32-55)43-61(64(89)90)62(66(92)99-48-58(86)46-84)60(56-33-26-23-27-34-56)44-59(63(87)88)54(2)65(91)98-47-57(85)45-77-38-42-97-70(96)76(12,72(6,7)8)52-75(11,69(95)80-37-30-41-83(19,20)21)51-74(10,68(94)79-36-29-40-82(16,17)18)50-73(9,49-71(3,4)5)67(93)78-35-28-39-81(13,14)15/h22-27,31-34,53-54,57-62,77,84-86H,28-30,35-52H2,1-21H3,(H2-3,78,79,80,87,88,89,90,93,94,95)/p+3. The molecule has 0 aliphatic carbocycles. The SMILES string of the molecule is CC(CC(C(=O)O)C(C(=O)OCC(O)CO)C(CC(C(=O)O)C(C)C(=O)OCC(O)CNCCOC(=O)C(C)(CC(C)(CC(C)(CC(C)(CC(C)(C)C)C(=O)NCCC[N+](C)(C)C)C(=O)NCCC[N+](C)(C)C)C(=O)NCCC[N+](C)(C)C)C(C)(C)C)c1ccccc1)c1ccccc1. The molecule has 3 amide bonds. The van der Waals surface area contributed by atoms with Crippen LogP contribution >= 0.6 is 0 Å². The average Bonchev–Trinajstić information content (AvgIpc) is 0.758. The largest absolute Gasteiger partial charge is 0.481 e. The first-order valence-electron chi connectivity index (χ1n) is 35.4. The second-order valence-electron chi connectivity index (χ2n) is 34.5. The lowest BCUT2D eigenvalue weighted by molar-refractivity contribution is -0.870. The van der Waals surface area contributed by atoms with Crippen LogP contribution in [-0.2, 0) is 52.6 Å². The van der Waals surface area contributed by atoms with Gasteiger partial charge in [0.1, 0.15) is 32.0 Å². The Bertz CT molecular complexity index is 2860. The maximum absolute atomic E-state index is 15.3. The molecule has 0 heterocycles. The van der Waals surface area contributed by atoms with Crippen LogP contribution in [0, 0.1) is 56.2 Å². The van der Waals surface area contributed by atoms with Crippen molar-refractivity contribution in [2.45, 2.75) is 165 Å². The number of hydrogen-bond donors (Lipinski definition) is 9. The number of carbonyl (C=O) groups excluding carboxylic acids is 6. The van der Waals surface area contributed by atoms with Crippen LogP contribution in [-0.4, -0.2) is 241 Å². The van der Waals surface area contributed by atoms with Crippen LogP contribution in [0.1, 0.15) is 164 Å². The van der Waals surface area contributed by atoms with E-state index in [1.54, 1.807) is 56.3 Å². The van der Waals surface area contributed by atoms with Crippen molar-refractivity contribution in [3.8, 4) is 0 Å². The van der Waals surface area contributed by atoms with Crippen LogP contribution in [0.25, 0.3) is 0 Å². The number of carboxylic acid groups (broad SMARTS) is 2. The van der Waals surface area contributed by atoms with Gasteiger partial charge in [0.2, 0.25) is 17.7 Å². The summed E-state index contributed by atoms with van der Waals surface area (Å²) in [7, 11) is 18.8. The van der Waals surface area contributed by atoms with E-state index < -0.39 is 131 Å². The molecule has 2 rings (SSSR count). The Balaban J connectivity index is 2.51. The van der Waals surface area contributed by atoms with Crippen molar-refractivity contribution in [3.05, 3.63) is 71.8 Å². The Morgan fingerprint density at radius 1 is 0.495 bits per heavy atom. The van der Waals surface area contributed by atoms with Gasteiger partial charge in [-0.05, 0) is 79.2 Å². The number of aliphatic hydroxyl groups is 3. The highest BCUT2D eigenvalue weighted by molar-refractivity contribution is 5.89. The number of esters is 3. The van der Waals surface area contributed by atoms with Crippen LogP contribution in [0.2, 0.25) is 0 Å². The Morgan fingerprint density at radius 2 is 0.899 bits per heavy atom. The van der Waals surface area contributed by atoms with Gasteiger partial charge < -0.3 is 74.5 Å². The van der Waals surface area contributed by atoms with Crippen molar-refractivity contribution < 1.29 is 91.5 Å². The summed E-state index contributed by atoms with van der Waals surface area (Å²) in [5.74, 6) is -13.8. The minimum Gasteiger partial charge on any atom is -0.481 e. The summed E-state index contributed by atoms with van der Waals surface area (Å²) in [5, 5.41) is 65.2. The number of nitrogens with zero attached hydrogens (tertiary/aromatic N) is 3. The number of benzene rings is 2. The van der Waals surface area contributed by atoms with E-state index in [0.29, 0.717) is 53.4 Å². The minimum absolute atomic E-state index is 0.0258. The second-order valence-corrected chi connectivity index (χ2v) is 34.5. The summed E-state index contributed by atoms with van der Waals surface area (Å²) in [6, 6.07) is 17.3. The van der Waals surface area contributed by atoms with Crippen molar-refractivity contribution >= 4 is 47.6 Å². The van der Waals surface area contributed by atoms with Crippen molar-refractivity contribution in [1.29, 1.82) is 0 Å². The summed E-state index contributed by atoms with van der Waals surface area (Å²) >= 11 is 0. The normalized spacial score (nSPS) is 17.4. The number of quaternary nitrogens is 3. The third-order valence-electron chi connectivity index (χ3n) is 19.2. The molecule has 0 bridgehead atoms. The Labute approximate surface area is 593 Å². The molecule has 0 aromatic heterocycles. The van der Waals surface area contributed by atoms with Crippen LogP contribution in [0.3, 0.4) is 0 Å². The number of ether oxygens (including phenoxy) is 3. The predicted octanol–water partition coefficient (Wildman–Crippen LogP) is 7.26. The van der Waals surface area contributed by atoms with E-state index in [-0.39, 0.29) is 68.5 Å². The van der Waals surface area contributed by atoms with Gasteiger partial charge in [0.25, 0.3) is 0 Å². The fraction of sp³-hybridized carbons (Fsp3) is 0.737. The van der Waals surface area contributed by atoms with E-state index in [1.807, 2.05) is 59.7 Å². The molecule has 0 aliphatic heterocycles. The number of aliphatic hydroxyl groups excluding tert-OH is 3. The zero-order chi connectivity index (χ0) is 75.8. The molecule has 2 aromatic rings. The molecule has 0 saturated carbocycles. The highest BCUT2D eigenvalue weighted by atomic mass is 16.6. The Morgan fingerprint density at radius 3 is 1.30 bits per heavy atom. The van der Waals surface area contributed by atoms with Crippen molar-refractivity contribution in [3.63, 3.8) is 0 Å². The molecule has 12 unspecified atom stereocenters.